The van der Waals surface area contributed by atoms with Crippen LogP contribution < -0.4 is 21.3 Å². The van der Waals surface area contributed by atoms with Gasteiger partial charge in [0.1, 0.15) is 17.2 Å². The highest BCUT2D eigenvalue weighted by Gasteiger charge is 2.51. The number of amides is 3. The van der Waals surface area contributed by atoms with E-state index in [2.05, 4.69) is 21.3 Å². The van der Waals surface area contributed by atoms with Crippen molar-refractivity contribution in [2.24, 2.45) is 11.3 Å². The molecule has 0 bridgehead atoms. The number of likely N-dealkylation sites (tertiary alicyclic amines) is 1. The Morgan fingerprint density at radius 2 is 1.79 bits per heavy atom. The van der Waals surface area contributed by atoms with Gasteiger partial charge in [0, 0.05) is 25.0 Å². The highest BCUT2D eigenvalue weighted by atomic mass is 35.5. The average Bonchev–Trinajstić information content (AvgIpc) is 3.24. The summed E-state index contributed by atoms with van der Waals surface area (Å²) in [6.45, 7) is 3.01. The van der Waals surface area contributed by atoms with Crippen LogP contribution in [0, 0.1) is 17.2 Å². The van der Waals surface area contributed by atoms with Crippen LogP contribution in [0.1, 0.15) is 25.7 Å². The Kier molecular flexibility index (Phi) is 6.11. The molecular formula is C23H27ClFN5O4. The van der Waals surface area contributed by atoms with Crippen molar-refractivity contribution in [3.05, 3.63) is 40.4 Å². The van der Waals surface area contributed by atoms with E-state index in [-0.39, 0.29) is 45.8 Å². The molecule has 1 saturated carbocycles. The zero-order valence-electron chi connectivity index (χ0n) is 18.6. The van der Waals surface area contributed by atoms with Crippen LogP contribution in [0.3, 0.4) is 0 Å². The van der Waals surface area contributed by atoms with Gasteiger partial charge in [0.15, 0.2) is 0 Å². The molecule has 3 aliphatic heterocycles. The Morgan fingerprint density at radius 1 is 1.09 bits per heavy atom. The molecule has 3 amide bonds. The second-order valence-electron chi connectivity index (χ2n) is 9.57. The molecule has 1 spiro atoms. The lowest BCUT2D eigenvalue weighted by molar-refractivity contribution is -0.193. The first-order valence-electron chi connectivity index (χ1n) is 11.5. The third kappa shape index (κ3) is 4.44. The van der Waals surface area contributed by atoms with Crippen molar-refractivity contribution in [3.8, 4) is 0 Å². The molecule has 5 rings (SSSR count). The molecule has 0 aromatic heterocycles. The molecule has 9 nitrogen and oxygen atoms in total. The SMILES string of the molecule is O=C(NC1CCC(C(=O)Nc2ccc(F)cc2Cl)CC1)C1=C(C(=O)N2CC3(COC3)C2)NCN1. The molecule has 3 fully saturated rings. The molecule has 4 aliphatic rings. The van der Waals surface area contributed by atoms with Crippen molar-refractivity contribution in [2.75, 3.05) is 38.3 Å². The van der Waals surface area contributed by atoms with Crippen molar-refractivity contribution in [3.63, 3.8) is 0 Å². The number of halogens is 2. The second kappa shape index (κ2) is 9.07. The Bertz CT molecular complexity index is 1040. The van der Waals surface area contributed by atoms with Crippen LogP contribution in [0.4, 0.5) is 10.1 Å². The summed E-state index contributed by atoms with van der Waals surface area (Å²) in [7, 11) is 0. The molecule has 34 heavy (non-hydrogen) atoms. The maximum absolute atomic E-state index is 13.2. The van der Waals surface area contributed by atoms with Crippen LogP contribution in [0.2, 0.25) is 5.02 Å². The fourth-order valence-corrected chi connectivity index (χ4v) is 5.21. The predicted octanol–water partition coefficient (Wildman–Crippen LogP) is 1.31. The number of carbonyl (C=O) groups is 3. The van der Waals surface area contributed by atoms with Gasteiger partial charge in [-0.2, -0.15) is 0 Å². The van der Waals surface area contributed by atoms with Gasteiger partial charge in [-0.1, -0.05) is 11.6 Å². The average molecular weight is 492 g/mol. The lowest BCUT2D eigenvalue weighted by Crippen LogP contribution is -2.67. The van der Waals surface area contributed by atoms with Crippen molar-refractivity contribution < 1.29 is 23.5 Å². The van der Waals surface area contributed by atoms with Gasteiger partial charge in [0.2, 0.25) is 5.91 Å². The van der Waals surface area contributed by atoms with E-state index in [1.807, 2.05) is 0 Å². The van der Waals surface area contributed by atoms with Crippen molar-refractivity contribution in [1.29, 1.82) is 0 Å². The number of hydrogen-bond donors (Lipinski definition) is 4. The molecule has 11 heteroatoms. The molecule has 3 heterocycles. The first-order valence-corrected chi connectivity index (χ1v) is 11.9. The lowest BCUT2D eigenvalue weighted by Gasteiger charge is -2.54. The summed E-state index contributed by atoms with van der Waals surface area (Å²) in [6, 6.07) is 3.76. The summed E-state index contributed by atoms with van der Waals surface area (Å²) in [5, 5.41) is 11.9. The van der Waals surface area contributed by atoms with Crippen LogP contribution in [-0.4, -0.2) is 61.6 Å². The molecule has 182 valence electrons. The highest BCUT2D eigenvalue weighted by Crippen LogP contribution is 2.38. The van der Waals surface area contributed by atoms with E-state index in [9.17, 15) is 18.8 Å². The summed E-state index contributed by atoms with van der Waals surface area (Å²) in [4.78, 5) is 40.1. The van der Waals surface area contributed by atoms with Crippen LogP contribution >= 0.6 is 11.6 Å². The standard InChI is InChI=1S/C23H27ClFN5O4/c24-16-7-14(25)3-6-17(16)29-20(31)13-1-4-15(5-2-13)28-21(32)18-19(27-12-26-18)22(33)30-8-23(9-30)10-34-11-23/h3,6-7,13,15,26-27H,1-2,4-5,8-12H2,(H,28,32)(H,29,31). The maximum atomic E-state index is 13.2. The first-order chi connectivity index (χ1) is 16.3. The number of benzene rings is 1. The van der Waals surface area contributed by atoms with E-state index in [0.29, 0.717) is 70.0 Å². The molecule has 0 unspecified atom stereocenters. The van der Waals surface area contributed by atoms with Gasteiger partial charge in [-0.05, 0) is 43.9 Å². The van der Waals surface area contributed by atoms with Crippen LogP contribution in [-0.2, 0) is 19.1 Å². The number of anilines is 1. The molecule has 4 N–H and O–H groups in total. The molecular weight excluding hydrogens is 465 g/mol. The molecule has 1 aliphatic carbocycles. The van der Waals surface area contributed by atoms with Gasteiger partial charge < -0.3 is 30.9 Å². The van der Waals surface area contributed by atoms with Crippen LogP contribution in [0.5, 0.6) is 0 Å². The van der Waals surface area contributed by atoms with E-state index in [4.69, 9.17) is 16.3 Å². The van der Waals surface area contributed by atoms with Gasteiger partial charge >= 0.3 is 0 Å². The van der Waals surface area contributed by atoms with Crippen LogP contribution in [0.25, 0.3) is 0 Å². The van der Waals surface area contributed by atoms with Gasteiger partial charge in [-0.25, -0.2) is 4.39 Å². The molecule has 0 radical (unpaired) electrons. The third-order valence-electron chi connectivity index (χ3n) is 7.00. The normalized spacial score (nSPS) is 25.1. The number of rotatable bonds is 5. The molecule has 2 saturated heterocycles. The van der Waals surface area contributed by atoms with Gasteiger partial charge in [-0.3, -0.25) is 14.4 Å². The monoisotopic (exact) mass is 491 g/mol. The van der Waals surface area contributed by atoms with E-state index >= 15 is 0 Å². The van der Waals surface area contributed by atoms with Gasteiger partial charge in [0.25, 0.3) is 11.8 Å². The lowest BCUT2D eigenvalue weighted by atomic mass is 9.78. The Labute approximate surface area is 201 Å². The predicted molar refractivity (Wildman–Crippen MR) is 122 cm³/mol. The third-order valence-corrected chi connectivity index (χ3v) is 7.31. The van der Waals surface area contributed by atoms with E-state index in [1.54, 1.807) is 4.90 Å². The minimum absolute atomic E-state index is 0.0865. The number of carbonyl (C=O) groups excluding carboxylic acids is 3. The van der Waals surface area contributed by atoms with Crippen LogP contribution in [0.15, 0.2) is 29.6 Å². The van der Waals surface area contributed by atoms with E-state index < -0.39 is 5.82 Å². The molecule has 0 atom stereocenters. The Balaban J connectivity index is 1.12. The van der Waals surface area contributed by atoms with Crippen molar-refractivity contribution >= 4 is 35.0 Å². The zero-order chi connectivity index (χ0) is 23.9. The quantitative estimate of drug-likeness (QED) is 0.494. The summed E-state index contributed by atoms with van der Waals surface area (Å²) in [6.07, 6.45) is 2.48. The first kappa shape index (κ1) is 22.9. The highest BCUT2D eigenvalue weighted by molar-refractivity contribution is 6.33. The number of ether oxygens (including phenoxy) is 1. The van der Waals surface area contributed by atoms with E-state index in [0.717, 1.165) is 6.07 Å². The Hall–Kier alpha value is -2.85. The smallest absolute Gasteiger partial charge is 0.272 e. The fourth-order valence-electron chi connectivity index (χ4n) is 5.00. The summed E-state index contributed by atoms with van der Waals surface area (Å²) < 4.78 is 18.5. The number of hydrogen-bond acceptors (Lipinski definition) is 6. The van der Waals surface area contributed by atoms with Crippen molar-refractivity contribution in [2.45, 2.75) is 31.7 Å². The largest absolute Gasteiger partial charge is 0.380 e. The molecule has 1 aromatic carbocycles. The van der Waals surface area contributed by atoms with E-state index in [1.165, 1.54) is 12.1 Å². The zero-order valence-corrected chi connectivity index (χ0v) is 19.3. The summed E-state index contributed by atoms with van der Waals surface area (Å²) in [5.41, 5.74) is 1.06. The van der Waals surface area contributed by atoms with Gasteiger partial charge in [0.05, 0.1) is 36.0 Å². The summed E-state index contributed by atoms with van der Waals surface area (Å²) in [5.74, 6) is -1.34. The van der Waals surface area contributed by atoms with Crippen molar-refractivity contribution in [1.82, 2.24) is 20.9 Å². The second-order valence-corrected chi connectivity index (χ2v) is 9.98. The molecule has 1 aromatic rings. The minimum atomic E-state index is -0.465. The Morgan fingerprint density at radius 3 is 2.44 bits per heavy atom. The maximum Gasteiger partial charge on any atom is 0.272 e. The minimum Gasteiger partial charge on any atom is -0.380 e. The fraction of sp³-hybridized carbons (Fsp3) is 0.522. The number of nitrogens with one attached hydrogen (secondary N) is 4. The number of nitrogens with zero attached hydrogens (tertiary/aromatic N) is 1. The summed E-state index contributed by atoms with van der Waals surface area (Å²) >= 11 is 6.00. The topological polar surface area (TPSA) is 112 Å². The van der Waals surface area contributed by atoms with Gasteiger partial charge in [-0.15, -0.1) is 0 Å².